The molecule has 0 fully saturated rings. The summed E-state index contributed by atoms with van der Waals surface area (Å²) in [5.41, 5.74) is 0.663. The number of nitrogens with one attached hydrogen (secondary N) is 2. The van der Waals surface area contributed by atoms with E-state index in [0.29, 0.717) is 23.7 Å². The second kappa shape index (κ2) is 8.51. The van der Waals surface area contributed by atoms with E-state index in [2.05, 4.69) is 31.5 Å². The van der Waals surface area contributed by atoms with E-state index in [-0.39, 0.29) is 5.91 Å². The molecule has 116 valence electrons. The van der Waals surface area contributed by atoms with E-state index in [1.807, 2.05) is 31.3 Å². The Morgan fingerprint density at radius 2 is 2.18 bits per heavy atom. The molecule has 0 radical (unpaired) electrons. The number of ether oxygens (including phenoxy) is 1. The number of benzene rings is 1. The van der Waals surface area contributed by atoms with Gasteiger partial charge in [-0.15, -0.1) is 0 Å². The van der Waals surface area contributed by atoms with Crippen LogP contribution in [0.15, 0.2) is 47.1 Å². The number of anilines is 1. The molecule has 0 aliphatic heterocycles. The standard InChI is InChI=1S/C16H18BrN3O2/c1-18-9-3-6-15(21)20-13-7-8-16(19-11-13)22-14-5-2-4-12(17)10-14/h2,4-5,7-8,10-11,18H,3,6,9H2,1H3,(H,20,21). The van der Waals surface area contributed by atoms with Crippen LogP contribution in [-0.4, -0.2) is 24.5 Å². The quantitative estimate of drug-likeness (QED) is 0.738. The summed E-state index contributed by atoms with van der Waals surface area (Å²) < 4.78 is 6.58. The smallest absolute Gasteiger partial charge is 0.224 e. The lowest BCUT2D eigenvalue weighted by Crippen LogP contribution is -2.15. The first-order valence-corrected chi connectivity index (χ1v) is 7.80. The van der Waals surface area contributed by atoms with Crippen molar-refractivity contribution in [1.29, 1.82) is 0 Å². The van der Waals surface area contributed by atoms with Crippen LogP contribution in [0, 0.1) is 0 Å². The van der Waals surface area contributed by atoms with Crippen molar-refractivity contribution < 1.29 is 9.53 Å². The van der Waals surface area contributed by atoms with Gasteiger partial charge in [-0.1, -0.05) is 22.0 Å². The number of carbonyl (C=O) groups excluding carboxylic acids is 1. The maximum absolute atomic E-state index is 11.7. The van der Waals surface area contributed by atoms with E-state index in [1.54, 1.807) is 18.3 Å². The topological polar surface area (TPSA) is 63.2 Å². The zero-order valence-corrected chi connectivity index (χ0v) is 13.9. The Bertz CT molecular complexity index is 617. The van der Waals surface area contributed by atoms with Gasteiger partial charge >= 0.3 is 0 Å². The molecule has 0 bridgehead atoms. The third kappa shape index (κ3) is 5.46. The van der Waals surface area contributed by atoms with Gasteiger partial charge < -0.3 is 15.4 Å². The van der Waals surface area contributed by atoms with E-state index in [4.69, 9.17) is 4.74 Å². The molecule has 1 amide bonds. The highest BCUT2D eigenvalue weighted by molar-refractivity contribution is 9.10. The SMILES string of the molecule is CNCCCC(=O)Nc1ccc(Oc2cccc(Br)c2)nc1. The zero-order valence-electron chi connectivity index (χ0n) is 12.3. The molecule has 1 aromatic carbocycles. The van der Waals surface area contributed by atoms with E-state index in [9.17, 15) is 4.79 Å². The molecule has 22 heavy (non-hydrogen) atoms. The summed E-state index contributed by atoms with van der Waals surface area (Å²) in [7, 11) is 1.87. The first kappa shape index (κ1) is 16.5. The van der Waals surface area contributed by atoms with Crippen molar-refractivity contribution in [3.8, 4) is 11.6 Å². The minimum absolute atomic E-state index is 0.0160. The van der Waals surface area contributed by atoms with Crippen LogP contribution in [0.1, 0.15) is 12.8 Å². The van der Waals surface area contributed by atoms with Gasteiger partial charge in [0.15, 0.2) is 0 Å². The van der Waals surface area contributed by atoms with Gasteiger partial charge in [0.05, 0.1) is 11.9 Å². The Labute approximate surface area is 138 Å². The Morgan fingerprint density at radius 3 is 2.86 bits per heavy atom. The van der Waals surface area contributed by atoms with Crippen LogP contribution in [0.2, 0.25) is 0 Å². The molecule has 2 N–H and O–H groups in total. The number of hydrogen-bond acceptors (Lipinski definition) is 4. The molecule has 0 saturated carbocycles. The number of rotatable bonds is 7. The number of halogens is 1. The third-order valence-corrected chi connectivity index (χ3v) is 3.36. The fraction of sp³-hybridized carbons (Fsp3) is 0.250. The van der Waals surface area contributed by atoms with Gasteiger partial charge in [-0.05, 0) is 44.3 Å². The van der Waals surface area contributed by atoms with E-state index >= 15 is 0 Å². The number of hydrogen-bond donors (Lipinski definition) is 2. The van der Waals surface area contributed by atoms with Gasteiger partial charge in [-0.3, -0.25) is 4.79 Å². The van der Waals surface area contributed by atoms with Crippen LogP contribution >= 0.6 is 15.9 Å². The summed E-state index contributed by atoms with van der Waals surface area (Å²) in [6.45, 7) is 0.824. The summed E-state index contributed by atoms with van der Waals surface area (Å²) in [6.07, 6.45) is 2.88. The molecule has 0 aliphatic carbocycles. The lowest BCUT2D eigenvalue weighted by molar-refractivity contribution is -0.116. The molecule has 1 heterocycles. The number of carbonyl (C=O) groups is 1. The van der Waals surface area contributed by atoms with Gasteiger partial charge in [0.1, 0.15) is 5.75 Å². The Kier molecular flexibility index (Phi) is 6.36. The minimum atomic E-state index is -0.0160. The molecule has 2 rings (SSSR count). The predicted molar refractivity (Wildman–Crippen MR) is 90.2 cm³/mol. The molecule has 6 heteroatoms. The van der Waals surface area contributed by atoms with Crippen LogP contribution in [0.25, 0.3) is 0 Å². The number of pyridine rings is 1. The van der Waals surface area contributed by atoms with Gasteiger partial charge in [0.2, 0.25) is 11.8 Å². The zero-order chi connectivity index (χ0) is 15.8. The highest BCUT2D eigenvalue weighted by atomic mass is 79.9. The highest BCUT2D eigenvalue weighted by Crippen LogP contribution is 2.23. The first-order valence-electron chi connectivity index (χ1n) is 7.01. The Hall–Kier alpha value is -1.92. The molecule has 5 nitrogen and oxygen atoms in total. The van der Waals surface area contributed by atoms with Crippen LogP contribution < -0.4 is 15.4 Å². The normalized spacial score (nSPS) is 10.3. The van der Waals surface area contributed by atoms with Gasteiger partial charge in [0, 0.05) is 17.0 Å². The lowest BCUT2D eigenvalue weighted by Gasteiger charge is -2.07. The second-order valence-electron chi connectivity index (χ2n) is 4.70. The van der Waals surface area contributed by atoms with Crippen LogP contribution in [-0.2, 0) is 4.79 Å². The minimum Gasteiger partial charge on any atom is -0.439 e. The van der Waals surface area contributed by atoms with Gasteiger partial charge in [-0.2, -0.15) is 0 Å². The summed E-state index contributed by atoms with van der Waals surface area (Å²) in [5, 5.41) is 5.82. The molecule has 1 aromatic heterocycles. The van der Waals surface area contributed by atoms with Crippen molar-refractivity contribution in [2.24, 2.45) is 0 Å². The summed E-state index contributed by atoms with van der Waals surface area (Å²) in [4.78, 5) is 15.9. The fourth-order valence-corrected chi connectivity index (χ4v) is 2.19. The van der Waals surface area contributed by atoms with Crippen LogP contribution in [0.5, 0.6) is 11.6 Å². The molecule has 0 spiro atoms. The van der Waals surface area contributed by atoms with Crippen molar-refractivity contribution in [3.05, 3.63) is 47.1 Å². The van der Waals surface area contributed by atoms with Crippen molar-refractivity contribution >= 4 is 27.5 Å². The van der Waals surface area contributed by atoms with Gasteiger partial charge in [0.25, 0.3) is 0 Å². The Balaban J connectivity index is 1.88. The highest BCUT2D eigenvalue weighted by Gasteiger charge is 2.04. The fourth-order valence-electron chi connectivity index (χ4n) is 1.82. The molecule has 0 saturated heterocycles. The summed E-state index contributed by atoms with van der Waals surface area (Å²) >= 11 is 3.39. The number of nitrogens with zero attached hydrogens (tertiary/aromatic N) is 1. The molecule has 2 aromatic rings. The third-order valence-electron chi connectivity index (χ3n) is 2.87. The number of aromatic nitrogens is 1. The first-order chi connectivity index (χ1) is 10.7. The van der Waals surface area contributed by atoms with Crippen molar-refractivity contribution in [2.45, 2.75) is 12.8 Å². The average Bonchev–Trinajstić information content (AvgIpc) is 2.50. The van der Waals surface area contributed by atoms with Crippen LogP contribution in [0.3, 0.4) is 0 Å². The van der Waals surface area contributed by atoms with Crippen molar-refractivity contribution in [3.63, 3.8) is 0 Å². The van der Waals surface area contributed by atoms with Gasteiger partial charge in [-0.25, -0.2) is 4.98 Å². The van der Waals surface area contributed by atoms with Crippen LogP contribution in [0.4, 0.5) is 5.69 Å². The largest absolute Gasteiger partial charge is 0.439 e. The van der Waals surface area contributed by atoms with Crippen molar-refractivity contribution in [2.75, 3.05) is 18.9 Å². The average molecular weight is 364 g/mol. The van der Waals surface area contributed by atoms with Crippen molar-refractivity contribution in [1.82, 2.24) is 10.3 Å². The molecule has 0 atom stereocenters. The monoisotopic (exact) mass is 363 g/mol. The lowest BCUT2D eigenvalue weighted by atomic mass is 10.3. The molecular formula is C16H18BrN3O2. The second-order valence-corrected chi connectivity index (χ2v) is 5.62. The Morgan fingerprint density at radius 1 is 1.32 bits per heavy atom. The van der Waals surface area contributed by atoms with E-state index in [1.165, 1.54) is 0 Å². The molecular weight excluding hydrogens is 346 g/mol. The summed E-state index contributed by atoms with van der Waals surface area (Å²) in [5.74, 6) is 1.16. The number of amides is 1. The van der Waals surface area contributed by atoms with E-state index in [0.717, 1.165) is 17.4 Å². The summed E-state index contributed by atoms with van der Waals surface area (Å²) in [6, 6.07) is 11.0. The van der Waals surface area contributed by atoms with E-state index < -0.39 is 0 Å². The maximum Gasteiger partial charge on any atom is 0.224 e. The maximum atomic E-state index is 11.7. The predicted octanol–water partition coefficient (Wildman–Crippen LogP) is 3.57. The molecule has 0 unspecified atom stereocenters. The molecule has 0 aliphatic rings.